The Bertz CT molecular complexity index is 1130. The summed E-state index contributed by atoms with van der Waals surface area (Å²) in [5, 5.41) is 9.59. The number of carbonyl (C=O) groups excluding carboxylic acids is 1. The number of carboxylic acid groups (broad SMARTS) is 1. The van der Waals surface area contributed by atoms with Crippen molar-refractivity contribution in [1.82, 2.24) is 4.90 Å². The second kappa shape index (κ2) is 7.81. The number of hydrogen-bond donors (Lipinski definition) is 1. The molecule has 2 aromatic carbocycles. The van der Waals surface area contributed by atoms with E-state index in [4.69, 9.17) is 9.52 Å². The van der Waals surface area contributed by atoms with Gasteiger partial charge >= 0.3 is 5.97 Å². The molecule has 0 radical (unpaired) electrons. The van der Waals surface area contributed by atoms with Crippen LogP contribution in [0.15, 0.2) is 81.0 Å². The van der Waals surface area contributed by atoms with Gasteiger partial charge in [-0.2, -0.15) is 0 Å². The summed E-state index contributed by atoms with van der Waals surface area (Å²) in [4.78, 5) is 30.1. The highest BCUT2D eigenvalue weighted by atomic mass is 32.2. The van der Waals surface area contributed by atoms with Crippen LogP contribution in [0.4, 0.5) is 5.69 Å². The van der Waals surface area contributed by atoms with Gasteiger partial charge in [-0.1, -0.05) is 30.3 Å². The van der Waals surface area contributed by atoms with Crippen LogP contribution in [0.3, 0.4) is 0 Å². The van der Waals surface area contributed by atoms with E-state index in [1.165, 1.54) is 28.8 Å². The lowest BCUT2D eigenvalue weighted by atomic mass is 10.1. The number of carbonyl (C=O) groups is 2. The molecule has 0 bridgehead atoms. The highest BCUT2D eigenvalue weighted by Crippen LogP contribution is 2.34. The molecule has 0 unspecified atom stereocenters. The summed E-state index contributed by atoms with van der Waals surface area (Å²) in [6.07, 6.45) is 1.69. The van der Waals surface area contributed by atoms with E-state index in [-0.39, 0.29) is 11.5 Å². The van der Waals surface area contributed by atoms with Crippen molar-refractivity contribution in [2.24, 2.45) is 4.99 Å². The minimum absolute atomic E-state index is 0.145. The number of furan rings is 1. The molecule has 1 aliphatic rings. The smallest absolute Gasteiger partial charge is 0.335 e. The normalized spacial score (nSPS) is 16.7. The zero-order valence-electron chi connectivity index (χ0n) is 15.4. The minimum atomic E-state index is -0.977. The van der Waals surface area contributed by atoms with Crippen molar-refractivity contribution in [3.8, 4) is 11.3 Å². The maximum Gasteiger partial charge on any atom is 0.335 e. The van der Waals surface area contributed by atoms with E-state index >= 15 is 0 Å². The number of benzene rings is 2. The standard InChI is InChI=1S/C22H16N2O4S/c1-24-20(25)19(29-22(24)23-16-5-3-2-4-6-16)13-17-11-12-18(28-17)14-7-9-15(10-8-14)21(26)27/h2-13H,1H3,(H,26,27)/b19-13-,23-22?. The first-order chi connectivity index (χ1) is 14.0. The Balaban J connectivity index is 1.56. The first-order valence-corrected chi connectivity index (χ1v) is 9.58. The summed E-state index contributed by atoms with van der Waals surface area (Å²) < 4.78 is 5.82. The lowest BCUT2D eigenvalue weighted by molar-refractivity contribution is -0.121. The number of amidine groups is 1. The molecule has 6 nitrogen and oxygen atoms in total. The van der Waals surface area contributed by atoms with Gasteiger partial charge in [-0.05, 0) is 48.2 Å². The zero-order valence-corrected chi connectivity index (χ0v) is 16.2. The number of hydrogen-bond acceptors (Lipinski definition) is 5. The van der Waals surface area contributed by atoms with Crippen molar-refractivity contribution in [2.45, 2.75) is 0 Å². The van der Waals surface area contributed by atoms with Crippen molar-refractivity contribution >= 4 is 40.6 Å². The molecule has 3 aromatic rings. The summed E-state index contributed by atoms with van der Waals surface area (Å²) in [7, 11) is 1.69. The molecule has 0 spiro atoms. The highest BCUT2D eigenvalue weighted by molar-refractivity contribution is 8.18. The Hall–Kier alpha value is -3.58. The summed E-state index contributed by atoms with van der Waals surface area (Å²) in [6, 6.07) is 19.4. The van der Waals surface area contributed by atoms with E-state index in [1.54, 1.807) is 37.4 Å². The fourth-order valence-corrected chi connectivity index (χ4v) is 3.72. The molecule has 7 heteroatoms. The summed E-state index contributed by atoms with van der Waals surface area (Å²) in [6.45, 7) is 0. The van der Waals surface area contributed by atoms with E-state index in [2.05, 4.69) is 4.99 Å². The molecule has 144 valence electrons. The number of nitrogens with zero attached hydrogens (tertiary/aromatic N) is 2. The van der Waals surface area contributed by atoms with Crippen LogP contribution in [0.1, 0.15) is 16.1 Å². The number of para-hydroxylation sites is 1. The third-order valence-corrected chi connectivity index (χ3v) is 5.36. The summed E-state index contributed by atoms with van der Waals surface area (Å²) in [5.74, 6) is 0.00649. The average Bonchev–Trinajstić information content (AvgIpc) is 3.30. The van der Waals surface area contributed by atoms with Gasteiger partial charge in [-0.25, -0.2) is 9.79 Å². The van der Waals surface area contributed by atoms with Crippen molar-refractivity contribution < 1.29 is 19.1 Å². The maximum absolute atomic E-state index is 12.5. The molecule has 0 saturated carbocycles. The van der Waals surface area contributed by atoms with E-state index in [9.17, 15) is 9.59 Å². The van der Waals surface area contributed by atoms with Gasteiger partial charge < -0.3 is 9.52 Å². The van der Waals surface area contributed by atoms with E-state index < -0.39 is 5.97 Å². The number of aromatic carboxylic acids is 1. The van der Waals surface area contributed by atoms with Gasteiger partial charge in [0.1, 0.15) is 11.5 Å². The molecule has 1 amide bonds. The van der Waals surface area contributed by atoms with Crippen LogP contribution in [-0.2, 0) is 4.79 Å². The van der Waals surface area contributed by atoms with Crippen LogP contribution < -0.4 is 0 Å². The van der Waals surface area contributed by atoms with Gasteiger partial charge in [-0.15, -0.1) is 0 Å². The van der Waals surface area contributed by atoms with Crippen LogP contribution in [0.25, 0.3) is 17.4 Å². The SMILES string of the molecule is CN1C(=O)/C(=C/c2ccc(-c3ccc(C(=O)O)cc3)o2)SC1=Nc1ccccc1. The van der Waals surface area contributed by atoms with Crippen molar-refractivity contribution in [2.75, 3.05) is 7.05 Å². The minimum Gasteiger partial charge on any atom is -0.478 e. The molecule has 1 N–H and O–H groups in total. The Morgan fingerprint density at radius 3 is 2.48 bits per heavy atom. The molecule has 29 heavy (non-hydrogen) atoms. The average molecular weight is 404 g/mol. The molecule has 0 atom stereocenters. The van der Waals surface area contributed by atoms with Gasteiger partial charge in [0.25, 0.3) is 5.91 Å². The van der Waals surface area contributed by atoms with Crippen LogP contribution in [-0.4, -0.2) is 34.1 Å². The topological polar surface area (TPSA) is 83.1 Å². The number of aliphatic imine (C=N–C) groups is 1. The van der Waals surface area contributed by atoms with Gasteiger partial charge in [0, 0.05) is 18.7 Å². The number of carboxylic acids is 1. The fourth-order valence-electron chi connectivity index (χ4n) is 2.76. The van der Waals surface area contributed by atoms with Crippen LogP contribution >= 0.6 is 11.8 Å². The van der Waals surface area contributed by atoms with Crippen molar-refractivity contribution in [3.05, 3.63) is 83.0 Å². The van der Waals surface area contributed by atoms with Crippen molar-refractivity contribution in [1.29, 1.82) is 0 Å². The first kappa shape index (κ1) is 18.8. The number of likely N-dealkylation sites (N-methyl/N-ethyl adjacent to an activating group) is 1. The largest absolute Gasteiger partial charge is 0.478 e. The molecule has 1 aliphatic heterocycles. The molecule has 0 aliphatic carbocycles. The Kier molecular flexibility index (Phi) is 5.05. The summed E-state index contributed by atoms with van der Waals surface area (Å²) in [5.41, 5.74) is 1.75. The predicted octanol–water partition coefficient (Wildman–Crippen LogP) is 4.88. The highest BCUT2D eigenvalue weighted by Gasteiger charge is 2.30. The predicted molar refractivity (Wildman–Crippen MR) is 113 cm³/mol. The van der Waals surface area contributed by atoms with E-state index in [0.717, 1.165) is 11.3 Å². The number of thioether (sulfide) groups is 1. The number of amides is 1. The molecule has 1 aromatic heterocycles. The molecule has 2 heterocycles. The molecular formula is C22H16N2O4S. The Labute approximate surface area is 171 Å². The quantitative estimate of drug-likeness (QED) is 0.627. The van der Waals surface area contributed by atoms with Crippen LogP contribution in [0, 0.1) is 0 Å². The maximum atomic E-state index is 12.5. The lowest BCUT2D eigenvalue weighted by Gasteiger charge is -2.06. The number of rotatable bonds is 4. The fraction of sp³-hybridized carbons (Fsp3) is 0.0455. The lowest BCUT2D eigenvalue weighted by Crippen LogP contribution is -2.23. The van der Waals surface area contributed by atoms with Crippen LogP contribution in [0.5, 0.6) is 0 Å². The first-order valence-electron chi connectivity index (χ1n) is 8.76. The summed E-state index contributed by atoms with van der Waals surface area (Å²) >= 11 is 1.29. The Morgan fingerprint density at radius 1 is 1.07 bits per heavy atom. The molecular weight excluding hydrogens is 388 g/mol. The second-order valence-corrected chi connectivity index (χ2v) is 7.30. The zero-order chi connectivity index (χ0) is 20.4. The van der Waals surface area contributed by atoms with Gasteiger partial charge in [0.2, 0.25) is 0 Å². The van der Waals surface area contributed by atoms with Gasteiger partial charge in [0.05, 0.1) is 16.2 Å². The van der Waals surface area contributed by atoms with Gasteiger partial charge in [0.15, 0.2) is 5.17 Å². The van der Waals surface area contributed by atoms with Crippen LogP contribution in [0.2, 0.25) is 0 Å². The van der Waals surface area contributed by atoms with Crippen molar-refractivity contribution in [3.63, 3.8) is 0 Å². The third-order valence-electron chi connectivity index (χ3n) is 4.30. The molecule has 1 fully saturated rings. The second-order valence-electron chi connectivity index (χ2n) is 6.29. The molecule has 1 saturated heterocycles. The van der Waals surface area contributed by atoms with Gasteiger partial charge in [-0.3, -0.25) is 9.69 Å². The van der Waals surface area contributed by atoms with E-state index in [0.29, 0.717) is 21.6 Å². The molecule has 4 rings (SSSR count). The monoisotopic (exact) mass is 404 g/mol. The van der Waals surface area contributed by atoms with E-state index in [1.807, 2.05) is 30.3 Å². The third kappa shape index (κ3) is 4.00. The Morgan fingerprint density at radius 2 is 1.79 bits per heavy atom.